The quantitative estimate of drug-likeness (QED) is 0.653. The summed E-state index contributed by atoms with van der Waals surface area (Å²) in [5.74, 6) is 7.25. The number of pyridine rings is 1. The largest absolute Gasteiger partial charge is 0.493 e. The van der Waals surface area contributed by atoms with E-state index in [0.717, 1.165) is 37.3 Å². The first-order valence-electron chi connectivity index (χ1n) is 7.44. The fraction of sp³-hybridized carbons (Fsp3) is 0.353. The molecule has 2 heterocycles. The molecule has 1 aliphatic heterocycles. The fourth-order valence-corrected chi connectivity index (χ4v) is 2.99. The van der Waals surface area contributed by atoms with Gasteiger partial charge in [0, 0.05) is 24.4 Å². The fourth-order valence-electron chi connectivity index (χ4n) is 2.99. The molecule has 110 valence electrons. The van der Waals surface area contributed by atoms with E-state index in [0.29, 0.717) is 5.92 Å². The molecule has 1 aromatic heterocycles. The number of nitrogens with zero attached hydrogens (tertiary/aromatic N) is 1. The van der Waals surface area contributed by atoms with Crippen LogP contribution in [0.4, 0.5) is 0 Å². The summed E-state index contributed by atoms with van der Waals surface area (Å²) in [5, 5.41) is 0. The van der Waals surface area contributed by atoms with Gasteiger partial charge in [0.25, 0.3) is 0 Å². The summed E-state index contributed by atoms with van der Waals surface area (Å²) in [6, 6.07) is 14.5. The Kier molecular flexibility index (Phi) is 4.48. The van der Waals surface area contributed by atoms with Crippen molar-refractivity contribution in [3.8, 4) is 5.75 Å². The maximum Gasteiger partial charge on any atom is 0.122 e. The van der Waals surface area contributed by atoms with Crippen LogP contribution in [-0.2, 0) is 6.42 Å². The maximum atomic E-state index is 5.75. The van der Waals surface area contributed by atoms with Crippen molar-refractivity contribution in [2.45, 2.75) is 31.2 Å². The number of fused-ring (bicyclic) bond motifs is 1. The van der Waals surface area contributed by atoms with Gasteiger partial charge >= 0.3 is 0 Å². The summed E-state index contributed by atoms with van der Waals surface area (Å²) in [7, 11) is 0. The molecule has 1 aliphatic rings. The Morgan fingerprint density at radius 3 is 2.90 bits per heavy atom. The van der Waals surface area contributed by atoms with Gasteiger partial charge in [0.15, 0.2) is 0 Å². The average molecular weight is 283 g/mol. The monoisotopic (exact) mass is 283 g/mol. The van der Waals surface area contributed by atoms with E-state index in [9.17, 15) is 0 Å². The Morgan fingerprint density at radius 2 is 2.10 bits per heavy atom. The van der Waals surface area contributed by atoms with Gasteiger partial charge in [0.05, 0.1) is 6.61 Å². The minimum Gasteiger partial charge on any atom is -0.493 e. The van der Waals surface area contributed by atoms with Crippen molar-refractivity contribution in [2.75, 3.05) is 6.61 Å². The van der Waals surface area contributed by atoms with Gasteiger partial charge in [-0.1, -0.05) is 24.3 Å². The van der Waals surface area contributed by atoms with Crippen LogP contribution in [0.5, 0.6) is 5.75 Å². The van der Waals surface area contributed by atoms with Gasteiger partial charge in [0.1, 0.15) is 5.75 Å². The van der Waals surface area contributed by atoms with Crippen molar-refractivity contribution in [3.63, 3.8) is 0 Å². The molecule has 4 heteroatoms. The van der Waals surface area contributed by atoms with Gasteiger partial charge in [-0.05, 0) is 42.5 Å². The zero-order valence-corrected chi connectivity index (χ0v) is 12.0. The molecule has 2 aromatic rings. The molecule has 0 fully saturated rings. The van der Waals surface area contributed by atoms with Crippen LogP contribution in [0.1, 0.15) is 30.0 Å². The molecule has 0 bridgehead atoms. The summed E-state index contributed by atoms with van der Waals surface area (Å²) in [4.78, 5) is 4.38. The molecule has 0 saturated carbocycles. The minimum atomic E-state index is 0.219. The molecule has 3 N–H and O–H groups in total. The Hall–Kier alpha value is -1.91. The van der Waals surface area contributed by atoms with E-state index in [4.69, 9.17) is 10.6 Å². The third-order valence-corrected chi connectivity index (χ3v) is 4.07. The second-order valence-corrected chi connectivity index (χ2v) is 5.50. The zero-order chi connectivity index (χ0) is 14.5. The number of aromatic nitrogens is 1. The van der Waals surface area contributed by atoms with Crippen LogP contribution in [0.2, 0.25) is 0 Å². The van der Waals surface area contributed by atoms with Crippen LogP contribution in [0, 0.1) is 0 Å². The van der Waals surface area contributed by atoms with Crippen LogP contribution >= 0.6 is 0 Å². The number of benzene rings is 1. The van der Waals surface area contributed by atoms with E-state index < -0.39 is 0 Å². The third-order valence-electron chi connectivity index (χ3n) is 4.07. The van der Waals surface area contributed by atoms with Crippen molar-refractivity contribution in [3.05, 3.63) is 59.9 Å². The number of hydrogen-bond donors (Lipinski definition) is 2. The van der Waals surface area contributed by atoms with Gasteiger partial charge in [-0.25, -0.2) is 0 Å². The number of hydrogen-bond acceptors (Lipinski definition) is 4. The van der Waals surface area contributed by atoms with Gasteiger partial charge in [-0.15, -0.1) is 0 Å². The summed E-state index contributed by atoms with van der Waals surface area (Å²) in [5.41, 5.74) is 5.31. The van der Waals surface area contributed by atoms with Crippen molar-refractivity contribution in [2.24, 2.45) is 5.84 Å². The van der Waals surface area contributed by atoms with Gasteiger partial charge in [0.2, 0.25) is 0 Å². The Balaban J connectivity index is 1.70. The highest BCUT2D eigenvalue weighted by molar-refractivity contribution is 5.37. The number of hydrazine groups is 1. The normalized spacial score (nSPS) is 18.6. The molecule has 2 atom stereocenters. The molecular weight excluding hydrogens is 262 g/mol. The molecule has 2 unspecified atom stereocenters. The summed E-state index contributed by atoms with van der Waals surface area (Å²) in [6.07, 6.45) is 4.70. The smallest absolute Gasteiger partial charge is 0.122 e. The van der Waals surface area contributed by atoms with Crippen LogP contribution in [0.25, 0.3) is 0 Å². The summed E-state index contributed by atoms with van der Waals surface area (Å²) < 4.78 is 5.72. The van der Waals surface area contributed by atoms with Gasteiger partial charge in [-0.3, -0.25) is 16.3 Å². The summed E-state index contributed by atoms with van der Waals surface area (Å²) >= 11 is 0. The number of rotatable bonds is 5. The Bertz CT molecular complexity index is 573. The zero-order valence-electron chi connectivity index (χ0n) is 12.0. The highest BCUT2D eigenvalue weighted by atomic mass is 16.5. The second-order valence-electron chi connectivity index (χ2n) is 5.50. The van der Waals surface area contributed by atoms with Crippen molar-refractivity contribution in [1.29, 1.82) is 0 Å². The topological polar surface area (TPSA) is 60.2 Å². The molecule has 0 aliphatic carbocycles. The van der Waals surface area contributed by atoms with E-state index >= 15 is 0 Å². The molecule has 1 aromatic carbocycles. The highest BCUT2D eigenvalue weighted by Crippen LogP contribution is 2.36. The first-order valence-corrected chi connectivity index (χ1v) is 7.44. The Labute approximate surface area is 125 Å². The number of para-hydroxylation sites is 1. The lowest BCUT2D eigenvalue weighted by atomic mass is 9.86. The van der Waals surface area contributed by atoms with Crippen molar-refractivity contribution >= 4 is 0 Å². The van der Waals surface area contributed by atoms with Gasteiger partial charge < -0.3 is 4.74 Å². The van der Waals surface area contributed by atoms with Crippen LogP contribution in [-0.4, -0.2) is 17.6 Å². The molecular formula is C17H21N3O. The summed E-state index contributed by atoms with van der Waals surface area (Å²) in [6.45, 7) is 0.780. The molecule has 0 saturated heterocycles. The third kappa shape index (κ3) is 3.40. The van der Waals surface area contributed by atoms with Crippen molar-refractivity contribution < 1.29 is 4.74 Å². The van der Waals surface area contributed by atoms with E-state index in [1.165, 1.54) is 5.56 Å². The highest BCUT2D eigenvalue weighted by Gasteiger charge is 2.24. The number of nitrogens with two attached hydrogens (primary N) is 1. The lowest BCUT2D eigenvalue weighted by Crippen LogP contribution is -2.38. The standard InChI is InChI=1S/C17H21N3O/c18-20-15(12-14-5-3-4-9-19-14)11-13-8-10-21-17-7-2-1-6-16(13)17/h1-7,9,13,15,20H,8,10-12,18H2. The minimum absolute atomic E-state index is 0.219. The second kappa shape index (κ2) is 6.70. The lowest BCUT2D eigenvalue weighted by Gasteiger charge is -2.28. The molecule has 0 spiro atoms. The molecule has 3 rings (SSSR count). The number of ether oxygens (including phenoxy) is 1. The Morgan fingerprint density at radius 1 is 1.24 bits per heavy atom. The maximum absolute atomic E-state index is 5.75. The van der Waals surface area contributed by atoms with Gasteiger partial charge in [-0.2, -0.15) is 0 Å². The average Bonchev–Trinajstić information content (AvgIpc) is 2.55. The first kappa shape index (κ1) is 14.0. The molecule has 21 heavy (non-hydrogen) atoms. The SMILES string of the molecule is NNC(Cc1ccccn1)CC1CCOc2ccccc21. The van der Waals surface area contributed by atoms with Crippen LogP contribution < -0.4 is 16.0 Å². The van der Waals surface area contributed by atoms with E-state index in [1.54, 1.807) is 0 Å². The van der Waals surface area contributed by atoms with E-state index in [2.05, 4.69) is 22.5 Å². The van der Waals surface area contributed by atoms with E-state index in [1.807, 2.05) is 36.5 Å². The first-order chi connectivity index (χ1) is 10.4. The predicted octanol–water partition coefficient (Wildman–Crippen LogP) is 2.41. The van der Waals surface area contributed by atoms with Crippen LogP contribution in [0.15, 0.2) is 48.7 Å². The molecule has 4 nitrogen and oxygen atoms in total. The van der Waals surface area contributed by atoms with E-state index in [-0.39, 0.29) is 6.04 Å². The molecule has 0 radical (unpaired) electrons. The lowest BCUT2D eigenvalue weighted by molar-refractivity contribution is 0.254. The molecule has 0 amide bonds. The number of nitrogens with one attached hydrogen (secondary N) is 1. The predicted molar refractivity (Wildman–Crippen MR) is 83.0 cm³/mol. The van der Waals surface area contributed by atoms with Crippen LogP contribution in [0.3, 0.4) is 0 Å². The van der Waals surface area contributed by atoms with Crippen molar-refractivity contribution in [1.82, 2.24) is 10.4 Å².